The molecule has 1 N–H and O–H groups in total. The van der Waals surface area contributed by atoms with Gasteiger partial charge in [-0.2, -0.15) is 0 Å². The van der Waals surface area contributed by atoms with Crippen molar-refractivity contribution in [3.05, 3.63) is 52.9 Å². The number of carboxylic acids is 1. The third kappa shape index (κ3) is 1.57. The van der Waals surface area contributed by atoms with Gasteiger partial charge in [-0.15, -0.1) is 0 Å². The molecule has 0 aliphatic heterocycles. The molecular weight excluding hydrogens is 268 g/mol. The Morgan fingerprint density at radius 3 is 2.43 bits per heavy atom. The quantitative estimate of drug-likeness (QED) is 0.784. The van der Waals surface area contributed by atoms with E-state index in [4.69, 9.17) is 0 Å². The number of carbonyl (C=O) groups is 1. The van der Waals surface area contributed by atoms with Crippen molar-refractivity contribution >= 4 is 22.5 Å². The fourth-order valence-electron chi connectivity index (χ4n) is 3.28. The summed E-state index contributed by atoms with van der Waals surface area (Å²) in [5.74, 6) is -1.29. The second-order valence-corrected chi connectivity index (χ2v) is 5.52. The molecule has 2 aromatic heterocycles. The molecule has 21 heavy (non-hydrogen) atoms. The molecule has 1 aliphatic rings. The molecule has 0 unspecified atom stereocenters. The molecule has 0 spiro atoms. The zero-order valence-electron chi connectivity index (χ0n) is 11.3. The molecular formula is C16H14N2O3. The predicted octanol–water partition coefficient (Wildman–Crippen LogP) is 2.29. The van der Waals surface area contributed by atoms with Gasteiger partial charge >= 0.3 is 5.97 Å². The number of aromatic nitrogens is 2. The Bertz CT molecular complexity index is 922. The minimum absolute atomic E-state index is 0.116. The summed E-state index contributed by atoms with van der Waals surface area (Å²) in [5, 5.41) is 9.28. The Balaban J connectivity index is 2.09. The Morgan fingerprint density at radius 1 is 1.05 bits per heavy atom. The molecule has 5 nitrogen and oxygen atoms in total. The van der Waals surface area contributed by atoms with E-state index in [1.807, 2.05) is 40.9 Å². The molecule has 2 heterocycles. The van der Waals surface area contributed by atoms with E-state index in [1.54, 1.807) is 10.6 Å². The van der Waals surface area contributed by atoms with Gasteiger partial charge in [-0.3, -0.25) is 9.59 Å². The van der Waals surface area contributed by atoms with Crippen molar-refractivity contribution in [2.75, 3.05) is 0 Å². The number of para-hydroxylation sites is 2. The Kier molecular flexibility index (Phi) is 2.45. The first kappa shape index (κ1) is 12.2. The summed E-state index contributed by atoms with van der Waals surface area (Å²) in [6, 6.07) is 11.0. The number of rotatable bonds is 2. The summed E-state index contributed by atoms with van der Waals surface area (Å²) in [6.07, 6.45) is 3.23. The Morgan fingerprint density at radius 2 is 1.76 bits per heavy atom. The predicted molar refractivity (Wildman–Crippen MR) is 78.6 cm³/mol. The first-order valence-corrected chi connectivity index (χ1v) is 7.01. The van der Waals surface area contributed by atoms with Gasteiger partial charge in [0.25, 0.3) is 5.56 Å². The fourth-order valence-corrected chi connectivity index (χ4v) is 3.28. The minimum atomic E-state index is -0.822. The van der Waals surface area contributed by atoms with Crippen LogP contribution in [0.5, 0.6) is 0 Å². The Labute approximate surface area is 120 Å². The Hall–Kier alpha value is -2.56. The molecule has 2 atom stereocenters. The molecule has 1 saturated carbocycles. The number of nitrogens with zero attached hydrogens (tertiary/aromatic N) is 2. The summed E-state index contributed by atoms with van der Waals surface area (Å²) in [7, 11) is 0. The number of aliphatic carboxylic acids is 1. The first-order valence-electron chi connectivity index (χ1n) is 7.01. The van der Waals surface area contributed by atoms with Crippen LogP contribution in [-0.2, 0) is 4.79 Å². The van der Waals surface area contributed by atoms with Crippen LogP contribution < -0.4 is 5.56 Å². The van der Waals surface area contributed by atoms with Crippen LogP contribution in [0.3, 0.4) is 0 Å². The maximum absolute atomic E-state index is 12.8. The van der Waals surface area contributed by atoms with Crippen LogP contribution in [-0.4, -0.2) is 20.0 Å². The van der Waals surface area contributed by atoms with Gasteiger partial charge in [0, 0.05) is 6.20 Å². The highest BCUT2D eigenvalue weighted by molar-refractivity contribution is 5.80. The van der Waals surface area contributed by atoms with E-state index in [1.165, 1.54) is 0 Å². The number of hydrogen-bond donors (Lipinski definition) is 1. The lowest BCUT2D eigenvalue weighted by Crippen LogP contribution is -2.40. The summed E-state index contributed by atoms with van der Waals surface area (Å²) >= 11 is 0. The molecule has 1 fully saturated rings. The summed E-state index contributed by atoms with van der Waals surface area (Å²) in [5.41, 5.74) is 2.19. The van der Waals surface area contributed by atoms with Gasteiger partial charge < -0.3 is 14.1 Å². The minimum Gasteiger partial charge on any atom is -0.481 e. The number of hydrogen-bond acceptors (Lipinski definition) is 2. The highest BCUT2D eigenvalue weighted by atomic mass is 16.4. The van der Waals surface area contributed by atoms with E-state index >= 15 is 0 Å². The molecule has 1 aromatic carbocycles. The van der Waals surface area contributed by atoms with Crippen molar-refractivity contribution < 1.29 is 9.90 Å². The van der Waals surface area contributed by atoms with Gasteiger partial charge in [-0.1, -0.05) is 12.1 Å². The monoisotopic (exact) mass is 282 g/mol. The van der Waals surface area contributed by atoms with Crippen LogP contribution in [0.25, 0.3) is 16.6 Å². The van der Waals surface area contributed by atoms with Gasteiger partial charge in [0.05, 0.1) is 23.0 Å². The number of fused-ring (bicyclic) bond motifs is 3. The molecule has 0 bridgehead atoms. The molecule has 0 amide bonds. The van der Waals surface area contributed by atoms with Crippen LogP contribution >= 0.6 is 0 Å². The van der Waals surface area contributed by atoms with E-state index in [0.717, 1.165) is 17.5 Å². The van der Waals surface area contributed by atoms with Crippen LogP contribution in [0.1, 0.15) is 18.9 Å². The van der Waals surface area contributed by atoms with Crippen LogP contribution in [0.2, 0.25) is 0 Å². The lowest BCUT2D eigenvalue weighted by molar-refractivity contribution is -0.147. The second-order valence-electron chi connectivity index (χ2n) is 5.52. The zero-order valence-corrected chi connectivity index (χ0v) is 11.3. The lowest BCUT2D eigenvalue weighted by atomic mass is 9.79. The highest BCUT2D eigenvalue weighted by Crippen LogP contribution is 2.39. The van der Waals surface area contributed by atoms with Gasteiger partial charge in [-0.25, -0.2) is 0 Å². The second kappa shape index (κ2) is 4.22. The van der Waals surface area contributed by atoms with E-state index in [0.29, 0.717) is 11.9 Å². The summed E-state index contributed by atoms with van der Waals surface area (Å²) in [6.45, 7) is 0. The number of carboxylic acid groups (broad SMARTS) is 1. The van der Waals surface area contributed by atoms with Crippen molar-refractivity contribution in [1.29, 1.82) is 0 Å². The fraction of sp³-hybridized carbons (Fsp3) is 0.250. The topological polar surface area (TPSA) is 63.7 Å². The third-order valence-electron chi connectivity index (χ3n) is 4.47. The molecule has 0 saturated heterocycles. The van der Waals surface area contributed by atoms with E-state index in [-0.39, 0.29) is 11.6 Å². The summed E-state index contributed by atoms with van der Waals surface area (Å²) in [4.78, 5) is 24.1. The largest absolute Gasteiger partial charge is 0.481 e. The van der Waals surface area contributed by atoms with E-state index < -0.39 is 11.9 Å². The molecule has 106 valence electrons. The smallest absolute Gasteiger partial charge is 0.308 e. The maximum Gasteiger partial charge on any atom is 0.308 e. The van der Waals surface area contributed by atoms with Gasteiger partial charge in [0.2, 0.25) is 0 Å². The summed E-state index contributed by atoms with van der Waals surface area (Å²) < 4.78 is 3.54. The zero-order chi connectivity index (χ0) is 14.6. The lowest BCUT2D eigenvalue weighted by Gasteiger charge is -2.35. The molecule has 5 heteroatoms. The number of benzene rings is 1. The maximum atomic E-state index is 12.8. The SMILES string of the molecule is O=C(O)[C@H]1CC[C@@H]1n1c(=O)c2cccn2c2ccccc21. The van der Waals surface area contributed by atoms with E-state index in [9.17, 15) is 14.7 Å². The van der Waals surface area contributed by atoms with Gasteiger partial charge in [0.1, 0.15) is 5.52 Å². The molecule has 4 rings (SSSR count). The molecule has 3 aromatic rings. The van der Waals surface area contributed by atoms with Crippen molar-refractivity contribution in [1.82, 2.24) is 8.97 Å². The van der Waals surface area contributed by atoms with Crippen LogP contribution in [0.15, 0.2) is 47.4 Å². The van der Waals surface area contributed by atoms with Crippen molar-refractivity contribution in [2.24, 2.45) is 5.92 Å². The van der Waals surface area contributed by atoms with Crippen molar-refractivity contribution in [3.63, 3.8) is 0 Å². The normalized spacial score (nSPS) is 21.5. The van der Waals surface area contributed by atoms with Crippen LogP contribution in [0.4, 0.5) is 0 Å². The standard InChI is InChI=1S/C16H14N2O3/c19-15-14-6-3-9-17(14)12-4-1-2-5-13(12)18(15)11-8-7-10(11)16(20)21/h1-6,9-11H,7-8H2,(H,20,21)/t10-,11-/m0/s1. The van der Waals surface area contributed by atoms with E-state index in [2.05, 4.69) is 0 Å². The average molecular weight is 282 g/mol. The van der Waals surface area contributed by atoms with Gasteiger partial charge in [-0.05, 0) is 37.1 Å². The average Bonchev–Trinajstić information content (AvgIpc) is 2.91. The highest BCUT2D eigenvalue weighted by Gasteiger charge is 2.39. The molecule has 1 aliphatic carbocycles. The van der Waals surface area contributed by atoms with Crippen molar-refractivity contribution in [2.45, 2.75) is 18.9 Å². The van der Waals surface area contributed by atoms with Crippen molar-refractivity contribution in [3.8, 4) is 0 Å². The van der Waals surface area contributed by atoms with Crippen LogP contribution in [0, 0.1) is 5.92 Å². The van der Waals surface area contributed by atoms with Gasteiger partial charge in [0.15, 0.2) is 0 Å². The third-order valence-corrected chi connectivity index (χ3v) is 4.47. The molecule has 0 radical (unpaired) electrons. The first-order chi connectivity index (χ1) is 10.2.